The molecule has 3 aromatic rings. The molecule has 0 aromatic heterocycles. The molecule has 3 aromatic carbocycles. The molecular weight excluding hydrogens is 1040 g/mol. The topological polar surface area (TPSA) is 391 Å². The van der Waals surface area contributed by atoms with E-state index in [0.717, 1.165) is 45.2 Å². The largest absolute Gasteiger partial charge is 0.493 e. The first-order chi connectivity index (χ1) is 34.3. The average molecular weight is 1110 g/mol. The van der Waals surface area contributed by atoms with Gasteiger partial charge in [-0.15, -0.1) is 12.4 Å². The molecule has 0 bridgehead atoms. The summed E-state index contributed by atoms with van der Waals surface area (Å²) >= 11 is 0. The smallest absolute Gasteiger partial charge is 0.337 e. The van der Waals surface area contributed by atoms with Crippen molar-refractivity contribution in [2.75, 3.05) is 98.3 Å². The number of aromatic carboxylic acids is 2. The Kier molecular flexibility index (Phi) is 28.4. The number of hydrogen-bond donors (Lipinski definition) is 10. The van der Waals surface area contributed by atoms with Gasteiger partial charge in [0.2, 0.25) is 11.8 Å². The molecule has 2 aliphatic heterocycles. The van der Waals surface area contributed by atoms with Crippen LogP contribution in [0.25, 0.3) is 0 Å². The van der Waals surface area contributed by atoms with Crippen LogP contribution in [0.5, 0.6) is 34.5 Å². The summed E-state index contributed by atoms with van der Waals surface area (Å²) in [4.78, 5) is 59.1. The molecule has 0 spiro atoms. The Morgan fingerprint density at radius 2 is 0.919 bits per heavy atom. The van der Waals surface area contributed by atoms with Crippen LogP contribution < -0.4 is 69.8 Å². The highest BCUT2D eigenvalue weighted by Gasteiger charge is 2.27. The fourth-order valence-electron chi connectivity index (χ4n) is 7.35. The molecule has 26 nitrogen and oxygen atoms in total. The van der Waals surface area contributed by atoms with E-state index in [1.165, 1.54) is 80.8 Å². The number of anilines is 3. The van der Waals surface area contributed by atoms with Gasteiger partial charge >= 0.3 is 11.9 Å². The van der Waals surface area contributed by atoms with Crippen molar-refractivity contribution in [3.63, 3.8) is 0 Å². The van der Waals surface area contributed by atoms with Crippen molar-refractivity contribution >= 4 is 79.5 Å². The summed E-state index contributed by atoms with van der Waals surface area (Å²) in [6.45, 7) is 6.55. The number of nitrogens with one attached hydrogen (secondary N) is 5. The SMILES string of the molecule is COc1cc(N)c(C(=O)O)cc1OC.COc1cc(NC(C)=O)c(C(=O)N2CCC(CCNS(N)(=O)=O)CC2)cc1OC.COc1cc(NC(C)=O)c(C(=O)O)cc1OC.Cl.NS(=O)(=O)NCCC1CCNCC1. The van der Waals surface area contributed by atoms with E-state index >= 15 is 0 Å². The lowest BCUT2D eigenvalue weighted by atomic mass is 9.93. The predicted octanol–water partition coefficient (Wildman–Crippen LogP) is 2.63. The number of hydrogen-bond acceptors (Lipinski definition) is 17. The Morgan fingerprint density at radius 3 is 1.28 bits per heavy atom. The third-order valence-corrected chi connectivity index (χ3v) is 12.2. The number of likely N-dealkylation sites (tertiary alicyclic amines) is 1. The third kappa shape index (κ3) is 22.8. The summed E-state index contributed by atoms with van der Waals surface area (Å²) in [6.07, 6.45) is 5.31. The molecule has 74 heavy (non-hydrogen) atoms. The van der Waals surface area contributed by atoms with Crippen LogP contribution in [-0.2, 0) is 30.0 Å². The minimum Gasteiger partial charge on any atom is -0.493 e. The first-order valence-electron chi connectivity index (χ1n) is 22.4. The summed E-state index contributed by atoms with van der Waals surface area (Å²) in [5, 5.41) is 35.9. The second-order valence-electron chi connectivity index (χ2n) is 16.2. The van der Waals surface area contributed by atoms with E-state index in [-0.39, 0.29) is 59.2 Å². The number of halogens is 1. The molecule has 3 amide bonds. The van der Waals surface area contributed by atoms with E-state index in [0.29, 0.717) is 83.6 Å². The quantitative estimate of drug-likeness (QED) is 0.0771. The maximum Gasteiger partial charge on any atom is 0.337 e. The standard InChI is InChI=1S/C18H28N4O6S.C11H13NO5.C9H11NO4.C7H17N3O2S.ClH/c1-12(23)21-15-11-17(28-3)16(27-2)10-14(15)18(24)22-8-5-13(6-9-22)4-7-20-29(19,25)26;1-6(13)12-8-5-10(17-3)9(16-2)4-7(8)11(14)15;1-13-7-3-5(9(11)12)6(10)4-8(7)14-2;8-13(11,12)10-6-3-7-1-4-9-5-2-7;/h10-11,13,20H,4-9H2,1-3H3,(H,21,23)(H2,19,25,26);4-5H,1-3H3,(H,12,13)(H,14,15);3-4H,10H2,1-2H3,(H,11,12);7,9-10H,1-6H2,(H2,8,11,12);1H. The number of ether oxygens (including phenoxy) is 6. The van der Waals surface area contributed by atoms with E-state index in [2.05, 4.69) is 25.4 Å². The zero-order valence-electron chi connectivity index (χ0n) is 42.5. The van der Waals surface area contributed by atoms with Crippen LogP contribution in [0.2, 0.25) is 0 Å². The van der Waals surface area contributed by atoms with E-state index in [1.54, 1.807) is 17.0 Å². The van der Waals surface area contributed by atoms with Crippen molar-refractivity contribution in [1.82, 2.24) is 19.7 Å². The van der Waals surface area contributed by atoms with Gasteiger partial charge in [-0.2, -0.15) is 16.8 Å². The predicted molar refractivity (Wildman–Crippen MR) is 278 cm³/mol. The molecule has 0 atom stereocenters. The van der Waals surface area contributed by atoms with Crippen LogP contribution in [0, 0.1) is 11.8 Å². The number of rotatable bonds is 19. The van der Waals surface area contributed by atoms with Gasteiger partial charge in [-0.25, -0.2) is 29.3 Å². The first kappa shape index (κ1) is 65.6. The molecule has 2 heterocycles. The first-order valence-corrected chi connectivity index (χ1v) is 25.5. The highest BCUT2D eigenvalue weighted by molar-refractivity contribution is 7.87. The second kappa shape index (κ2) is 32.0. The lowest BCUT2D eigenvalue weighted by molar-refractivity contribution is -0.115. The fourth-order valence-corrected chi connectivity index (χ4v) is 8.16. The van der Waals surface area contributed by atoms with Crippen LogP contribution in [0.1, 0.15) is 83.4 Å². The lowest BCUT2D eigenvalue weighted by Crippen LogP contribution is -2.40. The molecule has 2 aliphatic rings. The molecule has 416 valence electrons. The maximum absolute atomic E-state index is 13.1. The Labute approximate surface area is 437 Å². The number of nitrogens with two attached hydrogens (primary N) is 3. The molecule has 2 fully saturated rings. The molecule has 13 N–H and O–H groups in total. The van der Waals surface area contributed by atoms with Gasteiger partial charge in [0.25, 0.3) is 26.3 Å². The minimum atomic E-state index is -3.68. The van der Waals surface area contributed by atoms with Crippen LogP contribution in [0.3, 0.4) is 0 Å². The molecule has 0 radical (unpaired) electrons. The molecule has 0 saturated carbocycles. The van der Waals surface area contributed by atoms with E-state index in [1.807, 2.05) is 0 Å². The Bertz CT molecular complexity index is 2580. The van der Waals surface area contributed by atoms with E-state index in [4.69, 9.17) is 54.6 Å². The van der Waals surface area contributed by atoms with Gasteiger partial charge in [0.1, 0.15) is 0 Å². The Balaban J connectivity index is 0.000000522. The van der Waals surface area contributed by atoms with Crippen molar-refractivity contribution in [3.05, 3.63) is 53.1 Å². The maximum atomic E-state index is 13.1. The van der Waals surface area contributed by atoms with E-state index in [9.17, 15) is 40.8 Å². The van der Waals surface area contributed by atoms with Gasteiger partial charge < -0.3 is 65.2 Å². The van der Waals surface area contributed by atoms with Crippen LogP contribution in [0.15, 0.2) is 36.4 Å². The number of benzene rings is 3. The van der Waals surface area contributed by atoms with Crippen molar-refractivity contribution in [2.24, 2.45) is 22.1 Å². The number of methoxy groups -OCH3 is 6. The Morgan fingerprint density at radius 1 is 0.581 bits per heavy atom. The van der Waals surface area contributed by atoms with Crippen molar-refractivity contribution < 1.29 is 79.4 Å². The lowest BCUT2D eigenvalue weighted by Gasteiger charge is -2.32. The van der Waals surface area contributed by atoms with Gasteiger partial charge in [0.15, 0.2) is 34.5 Å². The second-order valence-corrected chi connectivity index (χ2v) is 18.9. The molecule has 0 aliphatic carbocycles. The van der Waals surface area contributed by atoms with Gasteiger partial charge in [0.05, 0.1) is 76.4 Å². The van der Waals surface area contributed by atoms with Crippen molar-refractivity contribution in [3.8, 4) is 34.5 Å². The number of nitrogens with zero attached hydrogens (tertiary/aromatic N) is 1. The molecule has 5 rings (SSSR count). The van der Waals surface area contributed by atoms with Gasteiger partial charge in [0, 0.05) is 70.4 Å². The Hall–Kier alpha value is -6.40. The molecule has 29 heteroatoms. The number of carboxylic acids is 2. The number of carbonyl (C=O) groups is 5. The summed E-state index contributed by atoms with van der Waals surface area (Å²) in [6, 6.07) is 8.59. The average Bonchev–Trinajstić information content (AvgIpc) is 3.33. The zero-order valence-corrected chi connectivity index (χ0v) is 45.0. The molecule has 0 unspecified atom stereocenters. The van der Waals surface area contributed by atoms with Crippen LogP contribution in [0.4, 0.5) is 17.1 Å². The highest BCUT2D eigenvalue weighted by atomic mass is 35.5. The fraction of sp³-hybridized carbons (Fsp3) is 0.489. The van der Waals surface area contributed by atoms with Gasteiger partial charge in [-0.1, -0.05) is 0 Å². The van der Waals surface area contributed by atoms with Gasteiger partial charge in [-0.05, 0) is 69.5 Å². The number of carbonyl (C=O) groups excluding carboxylic acids is 3. The number of piperidine rings is 2. The molecular formula is C45H70ClN9O17S2. The van der Waals surface area contributed by atoms with Crippen molar-refractivity contribution in [2.45, 2.75) is 52.4 Å². The third-order valence-electron chi connectivity index (χ3n) is 11.0. The van der Waals surface area contributed by atoms with Gasteiger partial charge in [-0.3, -0.25) is 14.4 Å². The number of nitrogen functional groups attached to an aromatic ring is 1. The zero-order chi connectivity index (χ0) is 55.1. The summed E-state index contributed by atoms with van der Waals surface area (Å²) in [7, 11) is 1.50. The normalized spacial score (nSPS) is 13.5. The summed E-state index contributed by atoms with van der Waals surface area (Å²) in [5.41, 5.74) is 6.45. The molecule has 2 saturated heterocycles. The number of amides is 3. The highest BCUT2D eigenvalue weighted by Crippen LogP contribution is 2.36. The monoisotopic (exact) mass is 1110 g/mol. The van der Waals surface area contributed by atoms with Crippen LogP contribution in [-0.4, -0.2) is 144 Å². The van der Waals surface area contributed by atoms with Crippen LogP contribution >= 0.6 is 12.4 Å². The number of carboxylic acid groups (broad SMARTS) is 2. The summed E-state index contributed by atoms with van der Waals surface area (Å²) in [5.74, 6) is 0.0159. The minimum absolute atomic E-state index is 0. The van der Waals surface area contributed by atoms with E-state index < -0.39 is 32.4 Å². The van der Waals surface area contributed by atoms with Crippen molar-refractivity contribution in [1.29, 1.82) is 0 Å². The summed E-state index contributed by atoms with van der Waals surface area (Å²) < 4.78 is 78.0.